The average Bonchev–Trinajstić information content (AvgIpc) is 2.91. The monoisotopic (exact) mass is 533 g/mol. The van der Waals surface area contributed by atoms with Crippen molar-refractivity contribution in [3.63, 3.8) is 0 Å². The summed E-state index contributed by atoms with van der Waals surface area (Å²) >= 11 is 0. The zero-order valence-corrected chi connectivity index (χ0v) is 21.6. The van der Waals surface area contributed by atoms with E-state index in [0.717, 1.165) is 62.0 Å². The number of benzene rings is 3. The quantitative estimate of drug-likeness (QED) is 0.294. The number of amides is 2. The fourth-order valence-electron chi connectivity index (χ4n) is 4.94. The van der Waals surface area contributed by atoms with Crippen molar-refractivity contribution < 1.29 is 18.0 Å². The number of piperazine rings is 1. The highest BCUT2D eigenvalue weighted by Crippen LogP contribution is 2.34. The van der Waals surface area contributed by atoms with Crippen LogP contribution in [-0.4, -0.2) is 48.6 Å². The normalized spacial score (nSPS) is 14.4. The number of hydrogen-bond acceptors (Lipinski definition) is 4. The summed E-state index contributed by atoms with van der Waals surface area (Å²) in [4.78, 5) is 21.9. The number of fused-ring (bicyclic) bond motifs is 1. The number of nitrogens with zero attached hydrogens (tertiary/aromatic N) is 3. The molecule has 2 N–H and O–H groups in total. The fourth-order valence-corrected chi connectivity index (χ4v) is 4.94. The lowest BCUT2D eigenvalue weighted by atomic mass is 10.1. The lowest BCUT2D eigenvalue weighted by Crippen LogP contribution is -2.47. The molecule has 0 bridgehead atoms. The highest BCUT2D eigenvalue weighted by molar-refractivity contribution is 6.00. The van der Waals surface area contributed by atoms with E-state index in [1.165, 1.54) is 29.3 Å². The lowest BCUT2D eigenvalue weighted by Gasteiger charge is -2.36. The number of nitrogens with one attached hydrogen (secondary N) is 2. The van der Waals surface area contributed by atoms with E-state index in [1.807, 2.05) is 25.1 Å². The molecule has 1 aliphatic rings. The summed E-state index contributed by atoms with van der Waals surface area (Å²) in [6.07, 6.45) is -3.76. The molecule has 2 heterocycles. The van der Waals surface area contributed by atoms with Crippen LogP contribution >= 0.6 is 0 Å². The number of aryl methyl sites for hydroxylation is 1. The number of halogens is 3. The standard InChI is InChI=1S/C30H30F3N5O/c1-21-12-13-24-26(34-21)10-5-11-28(24)38-18-16-37(17-19-38)15-14-22-6-4-7-23(20-22)35-29(39)36-27-9-3-2-8-25(27)30(31,32)33/h2-13,20H,14-19H2,1H3,(H2,35,36,39). The van der Waals surface area contributed by atoms with Crippen LogP contribution in [-0.2, 0) is 12.6 Å². The van der Waals surface area contributed by atoms with Gasteiger partial charge in [-0.25, -0.2) is 4.79 Å². The second-order valence-corrected chi connectivity index (χ2v) is 9.70. The minimum Gasteiger partial charge on any atom is -0.368 e. The van der Waals surface area contributed by atoms with E-state index in [4.69, 9.17) is 0 Å². The van der Waals surface area contributed by atoms with Gasteiger partial charge in [0.25, 0.3) is 0 Å². The molecule has 0 radical (unpaired) electrons. The number of alkyl halides is 3. The molecule has 1 saturated heterocycles. The van der Waals surface area contributed by atoms with E-state index in [9.17, 15) is 18.0 Å². The molecule has 202 valence electrons. The van der Waals surface area contributed by atoms with Gasteiger partial charge in [-0.2, -0.15) is 13.2 Å². The smallest absolute Gasteiger partial charge is 0.368 e. The Kier molecular flexibility index (Phi) is 7.70. The van der Waals surface area contributed by atoms with Crippen LogP contribution in [0.25, 0.3) is 10.9 Å². The van der Waals surface area contributed by atoms with Crippen LogP contribution in [0.15, 0.2) is 78.9 Å². The minimum absolute atomic E-state index is 0.285. The number of anilines is 3. The van der Waals surface area contributed by atoms with Gasteiger partial charge in [0.05, 0.1) is 16.8 Å². The van der Waals surface area contributed by atoms with Crippen LogP contribution in [0.4, 0.5) is 35.0 Å². The molecule has 0 atom stereocenters. The third-order valence-corrected chi connectivity index (χ3v) is 6.94. The molecule has 4 aromatic rings. The van der Waals surface area contributed by atoms with E-state index < -0.39 is 17.8 Å². The Balaban J connectivity index is 1.14. The molecular weight excluding hydrogens is 503 g/mol. The molecule has 2 amide bonds. The maximum absolute atomic E-state index is 13.2. The minimum atomic E-state index is -4.56. The predicted octanol–water partition coefficient (Wildman–Crippen LogP) is 6.57. The first-order valence-corrected chi connectivity index (χ1v) is 12.9. The molecule has 0 spiro atoms. The van der Waals surface area contributed by atoms with Crippen LogP contribution in [0.3, 0.4) is 0 Å². The molecule has 0 unspecified atom stereocenters. The Morgan fingerprint density at radius 1 is 0.897 bits per heavy atom. The van der Waals surface area contributed by atoms with E-state index >= 15 is 0 Å². The Labute approximate surface area is 225 Å². The maximum Gasteiger partial charge on any atom is 0.418 e. The van der Waals surface area contributed by atoms with Crippen LogP contribution < -0.4 is 15.5 Å². The summed E-state index contributed by atoms with van der Waals surface area (Å²) in [5, 5.41) is 6.13. The van der Waals surface area contributed by atoms with Gasteiger partial charge in [0, 0.05) is 55.2 Å². The molecule has 0 saturated carbocycles. The van der Waals surface area contributed by atoms with Crippen molar-refractivity contribution >= 4 is 34.0 Å². The molecule has 1 fully saturated rings. The number of rotatable bonds is 6. The molecule has 1 aliphatic heterocycles. The topological polar surface area (TPSA) is 60.5 Å². The Morgan fingerprint density at radius 3 is 2.46 bits per heavy atom. The van der Waals surface area contributed by atoms with E-state index in [2.05, 4.69) is 55.7 Å². The zero-order valence-electron chi connectivity index (χ0n) is 21.6. The molecule has 9 heteroatoms. The van der Waals surface area contributed by atoms with Crippen molar-refractivity contribution in [2.45, 2.75) is 19.5 Å². The lowest BCUT2D eigenvalue weighted by molar-refractivity contribution is -0.136. The number of pyridine rings is 1. The van der Waals surface area contributed by atoms with Crippen molar-refractivity contribution in [2.75, 3.05) is 48.3 Å². The van der Waals surface area contributed by atoms with Gasteiger partial charge >= 0.3 is 12.2 Å². The first kappa shape index (κ1) is 26.5. The molecular formula is C30H30F3N5O. The highest BCUT2D eigenvalue weighted by Gasteiger charge is 2.33. The molecule has 0 aliphatic carbocycles. The molecule has 5 rings (SSSR count). The van der Waals surface area contributed by atoms with Crippen molar-refractivity contribution in [3.8, 4) is 0 Å². The van der Waals surface area contributed by atoms with Crippen molar-refractivity contribution in [2.24, 2.45) is 0 Å². The maximum atomic E-state index is 13.2. The van der Waals surface area contributed by atoms with Crippen LogP contribution in [0.1, 0.15) is 16.8 Å². The van der Waals surface area contributed by atoms with E-state index in [0.29, 0.717) is 5.69 Å². The summed E-state index contributed by atoms with van der Waals surface area (Å²) in [5.41, 5.74) is 3.64. The second kappa shape index (κ2) is 11.3. The molecule has 3 aromatic carbocycles. The zero-order chi connectivity index (χ0) is 27.4. The third-order valence-electron chi connectivity index (χ3n) is 6.94. The summed E-state index contributed by atoms with van der Waals surface area (Å²) < 4.78 is 39.7. The number of hydrogen-bond donors (Lipinski definition) is 2. The summed E-state index contributed by atoms with van der Waals surface area (Å²) in [6.45, 7) is 6.60. The van der Waals surface area contributed by atoms with Gasteiger partial charge in [-0.1, -0.05) is 30.3 Å². The summed E-state index contributed by atoms with van der Waals surface area (Å²) in [7, 11) is 0. The van der Waals surface area contributed by atoms with Crippen LogP contribution in [0, 0.1) is 6.92 Å². The largest absolute Gasteiger partial charge is 0.418 e. The van der Waals surface area contributed by atoms with E-state index in [1.54, 1.807) is 6.07 Å². The highest BCUT2D eigenvalue weighted by atomic mass is 19.4. The number of carbonyl (C=O) groups is 1. The van der Waals surface area contributed by atoms with Crippen molar-refractivity contribution in [1.82, 2.24) is 9.88 Å². The number of aromatic nitrogens is 1. The predicted molar refractivity (Wildman–Crippen MR) is 149 cm³/mol. The van der Waals surface area contributed by atoms with Gasteiger partial charge < -0.3 is 15.5 Å². The Bertz CT molecular complexity index is 1460. The SMILES string of the molecule is Cc1ccc2c(N3CCN(CCc4cccc(NC(=O)Nc5ccccc5C(F)(F)F)c4)CC3)cccc2n1. The van der Waals surface area contributed by atoms with Crippen molar-refractivity contribution in [3.05, 3.63) is 95.7 Å². The van der Waals surface area contributed by atoms with Gasteiger partial charge in [-0.3, -0.25) is 9.88 Å². The van der Waals surface area contributed by atoms with Crippen LogP contribution in [0.2, 0.25) is 0 Å². The van der Waals surface area contributed by atoms with Gasteiger partial charge in [-0.05, 0) is 67.4 Å². The van der Waals surface area contributed by atoms with Gasteiger partial charge in [-0.15, -0.1) is 0 Å². The number of para-hydroxylation sites is 1. The van der Waals surface area contributed by atoms with Gasteiger partial charge in [0.15, 0.2) is 0 Å². The number of carbonyl (C=O) groups excluding carboxylic acids is 1. The second-order valence-electron chi connectivity index (χ2n) is 9.70. The summed E-state index contributed by atoms with van der Waals surface area (Å²) in [5.74, 6) is 0. The Hall–Kier alpha value is -4.11. The first-order valence-electron chi connectivity index (χ1n) is 12.9. The third kappa shape index (κ3) is 6.49. The van der Waals surface area contributed by atoms with Gasteiger partial charge in [0.2, 0.25) is 0 Å². The summed E-state index contributed by atoms with van der Waals surface area (Å²) in [6, 6.07) is 22.1. The fraction of sp³-hybridized carbons (Fsp3) is 0.267. The molecule has 1 aromatic heterocycles. The van der Waals surface area contributed by atoms with E-state index in [-0.39, 0.29) is 5.69 Å². The van der Waals surface area contributed by atoms with Gasteiger partial charge in [0.1, 0.15) is 0 Å². The number of urea groups is 1. The molecule has 6 nitrogen and oxygen atoms in total. The Morgan fingerprint density at radius 2 is 1.67 bits per heavy atom. The van der Waals surface area contributed by atoms with Crippen LogP contribution in [0.5, 0.6) is 0 Å². The first-order chi connectivity index (χ1) is 18.8. The van der Waals surface area contributed by atoms with Crippen molar-refractivity contribution in [1.29, 1.82) is 0 Å². The molecule has 39 heavy (non-hydrogen) atoms. The average molecular weight is 534 g/mol.